The standard InChI is InChI=1S/C43H58O15/c1-23(45)27-12-13-32(47)42(27,4)33(57-34(48)14-11-25-9-7-6-8-10-25)19-28-29(46)16-18-43(52)21-26(15-17-41(28,43)3)55-40-38(51)37(50)39(31(22-44)56-40)58-35-20-30(53-5)36(49)24(2)54-35/h6-11,14,16,18,24,26-28,30-31,33,35-40,44,49-52H,12-13,15,17,19-22H2,1-5H3/b14-11+/t24-,26+,27-,28+,30+,31-,33+,35+,36-,37-,38-,39-,40-,41-,42-,43+/m1/s1. The summed E-state index contributed by atoms with van der Waals surface area (Å²) in [6.07, 6.45) is -5.70. The van der Waals surface area contributed by atoms with Crippen LogP contribution in [0.3, 0.4) is 0 Å². The normalized spacial score (nSPS) is 42.3. The van der Waals surface area contributed by atoms with Crippen molar-refractivity contribution in [2.75, 3.05) is 13.7 Å². The van der Waals surface area contributed by atoms with Crippen LogP contribution in [-0.2, 0) is 47.6 Å². The highest BCUT2D eigenvalue weighted by molar-refractivity contribution is 5.97. The Labute approximate surface area is 338 Å². The van der Waals surface area contributed by atoms with Gasteiger partial charge in [0, 0.05) is 49.7 Å². The van der Waals surface area contributed by atoms with Gasteiger partial charge in [0.15, 0.2) is 18.4 Å². The second-order valence-electron chi connectivity index (χ2n) is 17.0. The molecule has 15 nitrogen and oxygen atoms in total. The Kier molecular flexibility index (Phi) is 13.6. The smallest absolute Gasteiger partial charge is 0.331 e. The number of carbonyl (C=O) groups is 4. The summed E-state index contributed by atoms with van der Waals surface area (Å²) in [6.45, 7) is 5.84. The predicted octanol–water partition coefficient (Wildman–Crippen LogP) is 1.97. The molecule has 0 bridgehead atoms. The number of carbonyl (C=O) groups excluding carboxylic acids is 4. The molecule has 2 saturated heterocycles. The number of fused-ring (bicyclic) bond motifs is 1. The fourth-order valence-electron chi connectivity index (χ4n) is 9.87. The first-order valence-electron chi connectivity index (χ1n) is 20.2. The molecule has 1 aromatic rings. The lowest BCUT2D eigenvalue weighted by molar-refractivity contribution is -0.349. The van der Waals surface area contributed by atoms with Gasteiger partial charge in [0.25, 0.3) is 0 Å². The second-order valence-corrected chi connectivity index (χ2v) is 17.0. The molecule has 16 atom stereocenters. The minimum atomic E-state index is -1.66. The first-order chi connectivity index (χ1) is 27.4. The average molecular weight is 815 g/mol. The summed E-state index contributed by atoms with van der Waals surface area (Å²) in [4.78, 5) is 53.8. The van der Waals surface area contributed by atoms with Gasteiger partial charge < -0.3 is 54.0 Å². The van der Waals surface area contributed by atoms with E-state index in [1.165, 1.54) is 32.3 Å². The molecule has 2 aliphatic heterocycles. The van der Waals surface area contributed by atoms with Gasteiger partial charge in [-0.1, -0.05) is 37.3 Å². The van der Waals surface area contributed by atoms with Gasteiger partial charge in [-0.2, -0.15) is 0 Å². The third kappa shape index (κ3) is 8.53. The number of ketones is 3. The Bertz CT molecular complexity index is 1710. The fraction of sp³-hybridized carbons (Fsp3) is 0.674. The highest BCUT2D eigenvalue weighted by Gasteiger charge is 2.62. The molecule has 1 aromatic carbocycles. The maximum atomic E-state index is 13.9. The molecule has 0 unspecified atom stereocenters. The summed E-state index contributed by atoms with van der Waals surface area (Å²) in [6, 6.07) is 9.09. The molecule has 5 N–H and O–H groups in total. The number of esters is 1. The molecule has 320 valence electrons. The molecule has 58 heavy (non-hydrogen) atoms. The van der Waals surface area contributed by atoms with Crippen molar-refractivity contribution in [1.82, 2.24) is 0 Å². The Morgan fingerprint density at radius 1 is 1.02 bits per heavy atom. The van der Waals surface area contributed by atoms with Crippen molar-refractivity contribution in [3.05, 3.63) is 54.1 Å². The van der Waals surface area contributed by atoms with Crippen molar-refractivity contribution in [3.8, 4) is 0 Å². The van der Waals surface area contributed by atoms with Gasteiger partial charge in [-0.15, -0.1) is 0 Å². The number of aliphatic hydroxyl groups excluding tert-OH is 4. The molecule has 0 radical (unpaired) electrons. The van der Waals surface area contributed by atoms with Gasteiger partial charge in [0.05, 0.1) is 35.9 Å². The van der Waals surface area contributed by atoms with Gasteiger partial charge in [-0.05, 0) is 70.2 Å². The van der Waals surface area contributed by atoms with Crippen LogP contribution in [0, 0.1) is 22.7 Å². The summed E-state index contributed by atoms with van der Waals surface area (Å²) in [5.41, 5.74) is -3.46. The van der Waals surface area contributed by atoms with E-state index >= 15 is 0 Å². The largest absolute Gasteiger partial charge is 0.458 e. The number of benzene rings is 1. The predicted molar refractivity (Wildman–Crippen MR) is 204 cm³/mol. The number of hydrogen-bond acceptors (Lipinski definition) is 15. The van der Waals surface area contributed by atoms with E-state index in [0.717, 1.165) is 5.56 Å². The third-order valence-corrected chi connectivity index (χ3v) is 13.6. The Morgan fingerprint density at radius 3 is 2.41 bits per heavy atom. The van der Waals surface area contributed by atoms with Crippen LogP contribution in [0.4, 0.5) is 0 Å². The molecule has 0 spiro atoms. The monoisotopic (exact) mass is 814 g/mol. The molecule has 5 aliphatic rings. The molecule has 2 saturated carbocycles. The minimum Gasteiger partial charge on any atom is -0.458 e. The van der Waals surface area contributed by atoms with E-state index < -0.39 is 108 Å². The summed E-state index contributed by atoms with van der Waals surface area (Å²) < 4.78 is 35.3. The maximum absolute atomic E-state index is 13.9. The number of hydrogen-bond donors (Lipinski definition) is 5. The molecule has 4 fully saturated rings. The van der Waals surface area contributed by atoms with Crippen molar-refractivity contribution in [2.45, 2.75) is 146 Å². The van der Waals surface area contributed by atoms with Crippen molar-refractivity contribution >= 4 is 29.4 Å². The highest BCUT2D eigenvalue weighted by Crippen LogP contribution is 2.56. The first kappa shape index (κ1) is 44.3. The van der Waals surface area contributed by atoms with Crippen LogP contribution in [0.5, 0.6) is 0 Å². The Hall–Kier alpha value is -3.22. The van der Waals surface area contributed by atoms with Gasteiger partial charge in [0.1, 0.15) is 48.2 Å². The van der Waals surface area contributed by atoms with E-state index in [9.17, 15) is 44.7 Å². The van der Waals surface area contributed by atoms with Crippen LogP contribution in [0.15, 0.2) is 48.6 Å². The van der Waals surface area contributed by atoms with E-state index in [2.05, 4.69) is 0 Å². The van der Waals surface area contributed by atoms with Crippen LogP contribution < -0.4 is 0 Å². The van der Waals surface area contributed by atoms with Gasteiger partial charge in [-0.3, -0.25) is 14.4 Å². The van der Waals surface area contributed by atoms with Crippen molar-refractivity contribution < 1.29 is 73.1 Å². The Morgan fingerprint density at radius 2 is 1.74 bits per heavy atom. The van der Waals surface area contributed by atoms with Crippen LogP contribution in [0.1, 0.15) is 78.2 Å². The number of aliphatic hydroxyl groups is 5. The van der Waals surface area contributed by atoms with Gasteiger partial charge >= 0.3 is 5.97 Å². The Balaban J connectivity index is 1.18. The summed E-state index contributed by atoms with van der Waals surface area (Å²) in [7, 11) is 1.44. The number of rotatable bonds is 13. The summed E-state index contributed by atoms with van der Waals surface area (Å²) in [5.74, 6) is -3.20. The topological polar surface area (TPSA) is 225 Å². The van der Waals surface area contributed by atoms with Crippen molar-refractivity contribution in [2.24, 2.45) is 22.7 Å². The number of methoxy groups -OCH3 is 1. The molecule has 0 aromatic heterocycles. The summed E-state index contributed by atoms with van der Waals surface area (Å²) in [5, 5.41) is 55.4. The van der Waals surface area contributed by atoms with Crippen LogP contribution in [0.25, 0.3) is 6.08 Å². The number of Topliss-reactive ketones (excluding diaryl/α,β-unsaturated/α-hetero) is 2. The number of ether oxygens (including phenoxy) is 6. The van der Waals surface area contributed by atoms with E-state index in [-0.39, 0.29) is 62.3 Å². The lowest BCUT2D eigenvalue weighted by Crippen LogP contribution is -2.63. The zero-order chi connectivity index (χ0) is 42.2. The van der Waals surface area contributed by atoms with Gasteiger partial charge in [0.2, 0.25) is 0 Å². The summed E-state index contributed by atoms with van der Waals surface area (Å²) >= 11 is 0. The molecular formula is C43H58O15. The average Bonchev–Trinajstić information content (AvgIpc) is 3.51. The van der Waals surface area contributed by atoms with E-state index in [1.807, 2.05) is 30.3 Å². The first-order valence-corrected chi connectivity index (χ1v) is 20.2. The van der Waals surface area contributed by atoms with Crippen molar-refractivity contribution in [1.29, 1.82) is 0 Å². The highest BCUT2D eigenvalue weighted by atomic mass is 16.7. The van der Waals surface area contributed by atoms with Crippen LogP contribution >= 0.6 is 0 Å². The molecule has 2 heterocycles. The SMILES string of the molecule is CO[C@H]1C[C@H](O[C@H]2[C@H](O)[C@@H](O)[C@H](O[C@H]3CC[C@]4(C)[C@@H](C[C@H](OC(=O)/C=C/c5ccccc5)[C@@]5(C)C(=O)CC[C@@H]5C(C)=O)C(=O)C=C[C@]4(O)C3)O[C@@H]2CO)O[C@H](C)[C@H]1O. The molecule has 3 aliphatic carbocycles. The van der Waals surface area contributed by atoms with Gasteiger partial charge in [-0.25, -0.2) is 4.79 Å². The second kappa shape index (κ2) is 17.8. The zero-order valence-corrected chi connectivity index (χ0v) is 33.7. The third-order valence-electron chi connectivity index (χ3n) is 13.6. The quantitative estimate of drug-likeness (QED) is 0.142. The van der Waals surface area contributed by atoms with Crippen LogP contribution in [0.2, 0.25) is 0 Å². The lowest BCUT2D eigenvalue weighted by atomic mass is 9.52. The molecular weight excluding hydrogens is 756 g/mol. The van der Waals surface area contributed by atoms with Crippen molar-refractivity contribution in [3.63, 3.8) is 0 Å². The molecule has 0 amide bonds. The molecule has 6 rings (SSSR count). The van der Waals surface area contributed by atoms with Crippen LogP contribution in [-0.4, -0.2) is 136 Å². The maximum Gasteiger partial charge on any atom is 0.331 e. The lowest BCUT2D eigenvalue weighted by Gasteiger charge is -2.55. The molecule has 15 heteroatoms. The fourth-order valence-corrected chi connectivity index (χ4v) is 9.87. The number of allylic oxidation sites excluding steroid dienone is 1. The van der Waals surface area contributed by atoms with E-state index in [4.69, 9.17) is 28.4 Å². The van der Waals surface area contributed by atoms with E-state index in [1.54, 1.807) is 26.8 Å². The van der Waals surface area contributed by atoms with E-state index in [0.29, 0.717) is 0 Å². The zero-order valence-electron chi connectivity index (χ0n) is 33.7. The minimum absolute atomic E-state index is 0.0543.